The van der Waals surface area contributed by atoms with Gasteiger partial charge in [0.2, 0.25) is 5.91 Å². The maximum atomic E-state index is 12.1. The molecule has 6 heteroatoms. The van der Waals surface area contributed by atoms with Crippen LogP contribution in [0.3, 0.4) is 0 Å². The minimum atomic E-state index is -0.999. The van der Waals surface area contributed by atoms with E-state index in [0.29, 0.717) is 24.5 Å². The molecule has 110 valence electrons. The number of likely N-dealkylation sites (N-methyl/N-ethyl adjacent to an activating group) is 1. The molecule has 1 amide bonds. The van der Waals surface area contributed by atoms with Crippen molar-refractivity contribution in [2.45, 2.75) is 13.8 Å². The summed E-state index contributed by atoms with van der Waals surface area (Å²) in [6.07, 6.45) is 0. The number of nitrogens with two attached hydrogens (primary N) is 1. The van der Waals surface area contributed by atoms with Gasteiger partial charge in [-0.2, -0.15) is 0 Å². The highest BCUT2D eigenvalue weighted by Gasteiger charge is 2.19. The van der Waals surface area contributed by atoms with Crippen molar-refractivity contribution in [1.29, 1.82) is 0 Å². The highest BCUT2D eigenvalue weighted by atomic mass is 16.4. The van der Waals surface area contributed by atoms with E-state index in [1.54, 1.807) is 29.2 Å². The number of rotatable bonds is 7. The largest absolute Gasteiger partial charge is 0.480 e. The SMILES string of the molecule is CCN(CC)C(=O)CN(CC(=O)O)c1ccccc1N. The predicted octanol–water partition coefficient (Wildman–Crippen LogP) is 1.03. The summed E-state index contributed by atoms with van der Waals surface area (Å²) in [5.41, 5.74) is 6.88. The second-order valence-corrected chi connectivity index (χ2v) is 4.37. The van der Waals surface area contributed by atoms with Crippen molar-refractivity contribution < 1.29 is 14.7 Å². The fourth-order valence-electron chi connectivity index (χ4n) is 2.00. The summed E-state index contributed by atoms with van der Waals surface area (Å²) in [5.74, 6) is -1.11. The maximum Gasteiger partial charge on any atom is 0.323 e. The van der Waals surface area contributed by atoms with Crippen LogP contribution in [-0.2, 0) is 9.59 Å². The quantitative estimate of drug-likeness (QED) is 0.728. The Kier molecular flexibility index (Phi) is 5.83. The Hall–Kier alpha value is -2.24. The maximum absolute atomic E-state index is 12.1. The Bertz CT molecular complexity index is 472. The third-order valence-electron chi connectivity index (χ3n) is 3.05. The third kappa shape index (κ3) is 4.15. The average molecular weight is 279 g/mol. The third-order valence-corrected chi connectivity index (χ3v) is 3.05. The highest BCUT2D eigenvalue weighted by molar-refractivity contribution is 5.86. The van der Waals surface area contributed by atoms with Gasteiger partial charge in [-0.3, -0.25) is 9.59 Å². The lowest BCUT2D eigenvalue weighted by Gasteiger charge is -2.27. The zero-order valence-corrected chi connectivity index (χ0v) is 11.9. The molecule has 6 nitrogen and oxygen atoms in total. The van der Waals surface area contributed by atoms with Crippen LogP contribution < -0.4 is 10.6 Å². The van der Waals surface area contributed by atoms with Gasteiger partial charge in [-0.05, 0) is 26.0 Å². The van der Waals surface area contributed by atoms with Crippen molar-refractivity contribution in [2.75, 3.05) is 36.8 Å². The molecule has 1 rings (SSSR count). The molecule has 1 aromatic carbocycles. The molecule has 0 heterocycles. The summed E-state index contributed by atoms with van der Waals surface area (Å²) in [7, 11) is 0. The Morgan fingerprint density at radius 2 is 1.75 bits per heavy atom. The highest BCUT2D eigenvalue weighted by Crippen LogP contribution is 2.22. The first-order valence-electron chi connectivity index (χ1n) is 6.58. The molecule has 0 aliphatic heterocycles. The lowest BCUT2D eigenvalue weighted by Crippen LogP contribution is -2.42. The van der Waals surface area contributed by atoms with Gasteiger partial charge in [0, 0.05) is 13.1 Å². The van der Waals surface area contributed by atoms with Gasteiger partial charge in [-0.15, -0.1) is 0 Å². The molecule has 0 radical (unpaired) electrons. The Morgan fingerprint density at radius 3 is 2.25 bits per heavy atom. The molecule has 0 aromatic heterocycles. The topological polar surface area (TPSA) is 86.9 Å². The molecule has 0 saturated carbocycles. The lowest BCUT2D eigenvalue weighted by atomic mass is 10.2. The summed E-state index contributed by atoms with van der Waals surface area (Å²) in [6.45, 7) is 4.71. The van der Waals surface area contributed by atoms with Crippen LogP contribution in [0.15, 0.2) is 24.3 Å². The molecule has 0 aliphatic rings. The normalized spacial score (nSPS) is 10.1. The number of nitrogens with zero attached hydrogens (tertiary/aromatic N) is 2. The molecular weight excluding hydrogens is 258 g/mol. The Balaban J connectivity index is 2.93. The average Bonchev–Trinajstić information content (AvgIpc) is 2.39. The number of nitrogen functional groups attached to an aromatic ring is 1. The zero-order valence-electron chi connectivity index (χ0n) is 11.9. The molecule has 1 aromatic rings. The number of carbonyl (C=O) groups is 2. The van der Waals surface area contributed by atoms with E-state index in [1.807, 2.05) is 13.8 Å². The molecule has 0 bridgehead atoms. The first-order chi connectivity index (χ1) is 9.49. The van der Waals surface area contributed by atoms with Crippen LogP contribution in [0.1, 0.15) is 13.8 Å². The van der Waals surface area contributed by atoms with Gasteiger partial charge in [0.15, 0.2) is 0 Å². The molecule has 20 heavy (non-hydrogen) atoms. The van der Waals surface area contributed by atoms with Gasteiger partial charge in [0.05, 0.1) is 17.9 Å². The minimum Gasteiger partial charge on any atom is -0.480 e. The van der Waals surface area contributed by atoms with Crippen LogP contribution in [0.5, 0.6) is 0 Å². The summed E-state index contributed by atoms with van der Waals surface area (Å²) in [5, 5.41) is 8.99. The number of aliphatic carboxylic acids is 1. The van der Waals surface area contributed by atoms with E-state index in [0.717, 1.165) is 0 Å². The summed E-state index contributed by atoms with van der Waals surface area (Å²) < 4.78 is 0. The van der Waals surface area contributed by atoms with E-state index in [4.69, 9.17) is 10.8 Å². The van der Waals surface area contributed by atoms with Crippen LogP contribution in [-0.4, -0.2) is 48.1 Å². The van der Waals surface area contributed by atoms with E-state index in [2.05, 4.69) is 0 Å². The van der Waals surface area contributed by atoms with Crippen LogP contribution in [0.25, 0.3) is 0 Å². The predicted molar refractivity (Wildman–Crippen MR) is 78.6 cm³/mol. The fraction of sp³-hybridized carbons (Fsp3) is 0.429. The minimum absolute atomic E-state index is 0.00218. The van der Waals surface area contributed by atoms with Crippen molar-refractivity contribution in [2.24, 2.45) is 0 Å². The molecule has 0 unspecified atom stereocenters. The van der Waals surface area contributed by atoms with Gasteiger partial charge in [-0.25, -0.2) is 0 Å². The van der Waals surface area contributed by atoms with Gasteiger partial charge in [0.1, 0.15) is 6.54 Å². The molecule has 3 N–H and O–H groups in total. The van der Waals surface area contributed by atoms with Crippen LogP contribution in [0, 0.1) is 0 Å². The number of anilines is 2. The number of amides is 1. The van der Waals surface area contributed by atoms with Crippen molar-refractivity contribution in [1.82, 2.24) is 4.90 Å². The number of carbonyl (C=O) groups excluding carboxylic acids is 1. The van der Waals surface area contributed by atoms with Crippen molar-refractivity contribution in [3.63, 3.8) is 0 Å². The fourth-order valence-corrected chi connectivity index (χ4v) is 2.00. The number of hydrogen-bond donors (Lipinski definition) is 2. The van der Waals surface area contributed by atoms with E-state index in [-0.39, 0.29) is 19.0 Å². The number of carboxylic acid groups (broad SMARTS) is 1. The first-order valence-corrected chi connectivity index (χ1v) is 6.58. The monoisotopic (exact) mass is 279 g/mol. The number of carboxylic acids is 1. The molecular formula is C14H21N3O3. The van der Waals surface area contributed by atoms with Gasteiger partial charge in [0.25, 0.3) is 0 Å². The van der Waals surface area contributed by atoms with E-state index in [9.17, 15) is 9.59 Å². The molecule has 0 spiro atoms. The zero-order chi connectivity index (χ0) is 15.1. The van der Waals surface area contributed by atoms with Gasteiger partial charge in [-0.1, -0.05) is 12.1 Å². The standard InChI is InChI=1S/C14H21N3O3/c1-3-16(4-2)13(18)9-17(10-14(19)20)12-8-6-5-7-11(12)15/h5-8H,3-4,9-10,15H2,1-2H3,(H,19,20). The van der Waals surface area contributed by atoms with Gasteiger partial charge < -0.3 is 20.6 Å². The number of para-hydroxylation sites is 2. The van der Waals surface area contributed by atoms with E-state index in [1.165, 1.54) is 4.90 Å². The van der Waals surface area contributed by atoms with Crippen molar-refractivity contribution in [3.05, 3.63) is 24.3 Å². The van der Waals surface area contributed by atoms with Gasteiger partial charge >= 0.3 is 5.97 Å². The number of benzene rings is 1. The molecule has 0 saturated heterocycles. The molecule has 0 fully saturated rings. The van der Waals surface area contributed by atoms with Crippen LogP contribution in [0.4, 0.5) is 11.4 Å². The smallest absolute Gasteiger partial charge is 0.323 e. The Labute approximate surface area is 118 Å². The molecule has 0 atom stereocenters. The first kappa shape index (κ1) is 15.8. The lowest BCUT2D eigenvalue weighted by molar-refractivity contribution is -0.135. The Morgan fingerprint density at radius 1 is 1.15 bits per heavy atom. The summed E-state index contributed by atoms with van der Waals surface area (Å²) in [4.78, 5) is 26.3. The van der Waals surface area contributed by atoms with Crippen LogP contribution in [0.2, 0.25) is 0 Å². The second kappa shape index (κ2) is 7.37. The van der Waals surface area contributed by atoms with Crippen LogP contribution >= 0.6 is 0 Å². The summed E-state index contributed by atoms with van der Waals surface area (Å²) in [6, 6.07) is 6.94. The van der Waals surface area contributed by atoms with E-state index < -0.39 is 5.97 Å². The summed E-state index contributed by atoms with van der Waals surface area (Å²) >= 11 is 0. The molecule has 0 aliphatic carbocycles. The second-order valence-electron chi connectivity index (χ2n) is 4.37. The van der Waals surface area contributed by atoms with E-state index >= 15 is 0 Å². The van der Waals surface area contributed by atoms with Crippen molar-refractivity contribution in [3.8, 4) is 0 Å². The number of hydrogen-bond acceptors (Lipinski definition) is 4. The van der Waals surface area contributed by atoms with Crippen molar-refractivity contribution >= 4 is 23.3 Å².